The molecular formula is C20H16MnN4+3. The zero-order chi connectivity index (χ0) is 16.5. The fourth-order valence-corrected chi connectivity index (χ4v) is 2.06. The first-order valence-corrected chi connectivity index (χ1v) is 7.58. The molecule has 4 aromatic heterocycles. The van der Waals surface area contributed by atoms with Crippen molar-refractivity contribution in [3.05, 3.63) is 97.6 Å². The Balaban J connectivity index is 0.000000173. The van der Waals surface area contributed by atoms with Gasteiger partial charge >= 0.3 is 17.1 Å². The topological polar surface area (TPSA) is 51.6 Å². The summed E-state index contributed by atoms with van der Waals surface area (Å²) in [7, 11) is 0. The molecule has 0 radical (unpaired) electrons. The van der Waals surface area contributed by atoms with Crippen molar-refractivity contribution in [1.82, 2.24) is 19.9 Å². The van der Waals surface area contributed by atoms with Crippen LogP contribution in [0.3, 0.4) is 0 Å². The zero-order valence-electron chi connectivity index (χ0n) is 13.4. The van der Waals surface area contributed by atoms with Gasteiger partial charge in [-0.15, -0.1) is 0 Å². The van der Waals surface area contributed by atoms with Crippen LogP contribution >= 0.6 is 0 Å². The standard InChI is InChI=1S/2C10H8N2.Mn/c2*1-3-7-11-9(5-1)10-6-2-4-8-12-10;/h2*1-8H;/q;;+3. The molecule has 5 heteroatoms. The van der Waals surface area contributed by atoms with Crippen LogP contribution in [0.15, 0.2) is 97.6 Å². The maximum absolute atomic E-state index is 4.19. The Morgan fingerprint density at radius 2 is 0.600 bits per heavy atom. The van der Waals surface area contributed by atoms with Gasteiger partial charge in [-0.25, -0.2) is 0 Å². The van der Waals surface area contributed by atoms with Crippen molar-refractivity contribution in [3.63, 3.8) is 0 Å². The minimum atomic E-state index is 0. The summed E-state index contributed by atoms with van der Waals surface area (Å²) in [6.07, 6.45) is 7.07. The van der Waals surface area contributed by atoms with Crippen LogP contribution in [0.2, 0.25) is 0 Å². The van der Waals surface area contributed by atoms with E-state index in [2.05, 4.69) is 19.9 Å². The van der Waals surface area contributed by atoms with Crippen LogP contribution in [0, 0.1) is 0 Å². The van der Waals surface area contributed by atoms with E-state index in [9.17, 15) is 0 Å². The van der Waals surface area contributed by atoms with E-state index in [-0.39, 0.29) is 17.1 Å². The number of hydrogen-bond acceptors (Lipinski definition) is 4. The molecule has 4 rings (SSSR count). The van der Waals surface area contributed by atoms with E-state index in [4.69, 9.17) is 0 Å². The molecule has 0 aliphatic carbocycles. The second kappa shape index (κ2) is 10.1. The molecule has 0 N–H and O–H groups in total. The normalized spacial score (nSPS) is 9.28. The number of nitrogens with zero attached hydrogens (tertiary/aromatic N) is 4. The first-order valence-electron chi connectivity index (χ1n) is 7.58. The Bertz CT molecular complexity index is 692. The molecule has 0 amide bonds. The predicted molar refractivity (Wildman–Crippen MR) is 94.9 cm³/mol. The number of hydrogen-bond donors (Lipinski definition) is 0. The minimum absolute atomic E-state index is 0. The van der Waals surface area contributed by atoms with Gasteiger partial charge in [-0.2, -0.15) is 0 Å². The van der Waals surface area contributed by atoms with Gasteiger partial charge in [0.2, 0.25) is 0 Å². The van der Waals surface area contributed by atoms with Gasteiger partial charge in [0, 0.05) is 24.8 Å². The van der Waals surface area contributed by atoms with Crippen molar-refractivity contribution in [2.75, 3.05) is 0 Å². The Kier molecular flexibility index (Phi) is 7.44. The van der Waals surface area contributed by atoms with E-state index >= 15 is 0 Å². The summed E-state index contributed by atoms with van der Waals surface area (Å²) >= 11 is 0. The monoisotopic (exact) mass is 367 g/mol. The molecule has 0 fully saturated rings. The van der Waals surface area contributed by atoms with E-state index in [0.717, 1.165) is 22.8 Å². The van der Waals surface area contributed by atoms with Gasteiger partial charge < -0.3 is 0 Å². The molecule has 0 saturated carbocycles. The molecule has 0 atom stereocenters. The third kappa shape index (κ3) is 5.60. The van der Waals surface area contributed by atoms with E-state index in [1.807, 2.05) is 72.8 Å². The average molecular weight is 367 g/mol. The number of rotatable bonds is 2. The molecular weight excluding hydrogens is 351 g/mol. The SMILES string of the molecule is [Mn+3].c1ccc(-c2ccccn2)nc1.c1ccc(-c2ccccn2)nc1. The van der Waals surface area contributed by atoms with Crippen LogP contribution < -0.4 is 0 Å². The third-order valence-corrected chi connectivity index (χ3v) is 3.18. The summed E-state index contributed by atoms with van der Waals surface area (Å²) in [4.78, 5) is 16.7. The molecule has 0 bridgehead atoms. The van der Waals surface area contributed by atoms with E-state index in [0.29, 0.717) is 0 Å². The second-order valence-corrected chi connectivity index (χ2v) is 4.86. The van der Waals surface area contributed by atoms with Crippen molar-refractivity contribution < 1.29 is 17.1 Å². The van der Waals surface area contributed by atoms with Crippen LogP contribution in [0.25, 0.3) is 22.8 Å². The zero-order valence-corrected chi connectivity index (χ0v) is 14.6. The quantitative estimate of drug-likeness (QED) is 0.496. The van der Waals surface area contributed by atoms with Crippen LogP contribution in [-0.2, 0) is 17.1 Å². The average Bonchev–Trinajstić information content (AvgIpc) is 2.71. The van der Waals surface area contributed by atoms with Crippen molar-refractivity contribution >= 4 is 0 Å². The summed E-state index contributed by atoms with van der Waals surface area (Å²) in [5.74, 6) is 0. The van der Waals surface area contributed by atoms with Crippen molar-refractivity contribution in [2.45, 2.75) is 0 Å². The maximum Gasteiger partial charge on any atom is 3.00 e. The summed E-state index contributed by atoms with van der Waals surface area (Å²) in [5, 5.41) is 0. The molecule has 0 saturated heterocycles. The van der Waals surface area contributed by atoms with Gasteiger partial charge in [0.1, 0.15) is 0 Å². The van der Waals surface area contributed by atoms with Gasteiger partial charge in [0.25, 0.3) is 0 Å². The molecule has 4 heterocycles. The summed E-state index contributed by atoms with van der Waals surface area (Å²) in [6, 6.07) is 23.2. The Morgan fingerprint density at radius 3 is 0.760 bits per heavy atom. The number of aromatic nitrogens is 4. The molecule has 4 nitrogen and oxygen atoms in total. The molecule has 0 aliphatic rings. The summed E-state index contributed by atoms with van der Waals surface area (Å²) < 4.78 is 0. The summed E-state index contributed by atoms with van der Waals surface area (Å²) in [5.41, 5.74) is 3.66. The predicted octanol–water partition coefficient (Wildman–Crippen LogP) is 4.28. The molecule has 0 aliphatic heterocycles. The van der Waals surface area contributed by atoms with Crippen LogP contribution in [0.1, 0.15) is 0 Å². The first kappa shape index (κ1) is 18.5. The molecule has 4 aromatic rings. The van der Waals surface area contributed by atoms with Gasteiger partial charge in [-0.05, 0) is 48.5 Å². The van der Waals surface area contributed by atoms with Crippen molar-refractivity contribution in [3.8, 4) is 22.8 Å². The Hall–Kier alpha value is -2.88. The fourth-order valence-electron chi connectivity index (χ4n) is 2.06. The van der Waals surface area contributed by atoms with E-state index in [1.165, 1.54) is 0 Å². The fraction of sp³-hybridized carbons (Fsp3) is 0. The van der Waals surface area contributed by atoms with Gasteiger partial charge in [-0.3, -0.25) is 19.9 Å². The van der Waals surface area contributed by atoms with E-state index < -0.39 is 0 Å². The van der Waals surface area contributed by atoms with Gasteiger partial charge in [0.15, 0.2) is 0 Å². The molecule has 25 heavy (non-hydrogen) atoms. The van der Waals surface area contributed by atoms with Gasteiger partial charge in [-0.1, -0.05) is 24.3 Å². The van der Waals surface area contributed by atoms with Crippen LogP contribution in [0.5, 0.6) is 0 Å². The Labute approximate surface area is 157 Å². The Morgan fingerprint density at radius 1 is 0.360 bits per heavy atom. The molecule has 0 aromatic carbocycles. The number of pyridine rings is 4. The smallest absolute Gasteiger partial charge is 0.255 e. The minimum Gasteiger partial charge on any atom is -0.255 e. The van der Waals surface area contributed by atoms with E-state index in [1.54, 1.807) is 24.8 Å². The maximum atomic E-state index is 4.19. The molecule has 0 unspecified atom stereocenters. The van der Waals surface area contributed by atoms with Crippen molar-refractivity contribution in [1.29, 1.82) is 0 Å². The largest absolute Gasteiger partial charge is 3.00 e. The van der Waals surface area contributed by atoms with Crippen LogP contribution in [-0.4, -0.2) is 19.9 Å². The summed E-state index contributed by atoms with van der Waals surface area (Å²) in [6.45, 7) is 0. The first-order chi connectivity index (χ1) is 11.9. The van der Waals surface area contributed by atoms with Crippen molar-refractivity contribution in [2.24, 2.45) is 0 Å². The van der Waals surface area contributed by atoms with Gasteiger partial charge in [0.05, 0.1) is 22.8 Å². The molecule has 0 spiro atoms. The molecule has 120 valence electrons. The third-order valence-electron chi connectivity index (χ3n) is 3.18. The second-order valence-electron chi connectivity index (χ2n) is 4.86. The van der Waals surface area contributed by atoms with Crippen LogP contribution in [0.4, 0.5) is 0 Å².